The molecule has 1 atom stereocenters. The van der Waals surface area contributed by atoms with Crippen LogP contribution in [0.2, 0.25) is 0 Å². The monoisotopic (exact) mass is 327 g/mol. The summed E-state index contributed by atoms with van der Waals surface area (Å²) >= 11 is 0. The van der Waals surface area contributed by atoms with Crippen molar-refractivity contribution >= 4 is 11.7 Å². The molecule has 6 nitrogen and oxygen atoms in total. The molecule has 0 saturated carbocycles. The predicted molar refractivity (Wildman–Crippen MR) is 98.3 cm³/mol. The molecule has 0 aromatic carbocycles. The van der Waals surface area contributed by atoms with Crippen LogP contribution in [0.15, 0.2) is 4.99 Å². The third-order valence-corrected chi connectivity index (χ3v) is 5.10. The van der Waals surface area contributed by atoms with E-state index in [9.17, 15) is 4.79 Å². The molecule has 6 heteroatoms. The van der Waals surface area contributed by atoms with Gasteiger partial charge in [0.05, 0.1) is 11.6 Å². The van der Waals surface area contributed by atoms with Crippen molar-refractivity contribution in [3.8, 4) is 0 Å². The highest BCUT2D eigenvalue weighted by molar-refractivity contribution is 5.92. The molecular weight excluding hydrogens is 290 g/mol. The lowest BCUT2D eigenvalue weighted by atomic mass is 9.82. The average molecular weight is 328 g/mol. The minimum atomic E-state index is -0.768. The van der Waals surface area contributed by atoms with Gasteiger partial charge in [0.2, 0.25) is 0 Å². The molecule has 1 unspecified atom stereocenters. The zero-order valence-electron chi connectivity index (χ0n) is 15.6. The summed E-state index contributed by atoms with van der Waals surface area (Å²) in [6.45, 7) is 10.9. The molecule has 0 amide bonds. The van der Waals surface area contributed by atoms with Crippen LogP contribution in [0.3, 0.4) is 0 Å². The van der Waals surface area contributed by atoms with Crippen LogP contribution in [0.1, 0.15) is 73.1 Å². The highest BCUT2D eigenvalue weighted by atomic mass is 16.1. The Bertz CT molecular complexity index is 382. The van der Waals surface area contributed by atoms with Crippen molar-refractivity contribution in [2.45, 2.75) is 90.3 Å². The third-order valence-electron chi connectivity index (χ3n) is 5.10. The van der Waals surface area contributed by atoms with Gasteiger partial charge in [-0.15, -0.1) is 0 Å². The van der Waals surface area contributed by atoms with Crippen molar-refractivity contribution in [1.82, 2.24) is 5.32 Å². The number of nitrogens with one attached hydrogen (secondary N) is 1. The number of carbonyl (C=O) groups is 1. The van der Waals surface area contributed by atoms with E-state index in [4.69, 9.17) is 17.2 Å². The molecule has 0 aliphatic carbocycles. The van der Waals surface area contributed by atoms with Crippen molar-refractivity contribution in [2.75, 3.05) is 6.54 Å². The predicted octanol–water partition coefficient (Wildman–Crippen LogP) is 1.66. The van der Waals surface area contributed by atoms with Crippen molar-refractivity contribution in [3.05, 3.63) is 0 Å². The minimum absolute atomic E-state index is 0.0706. The third kappa shape index (κ3) is 6.87. The topological polar surface area (TPSA) is 120 Å². The van der Waals surface area contributed by atoms with Crippen LogP contribution >= 0.6 is 0 Å². The van der Waals surface area contributed by atoms with Gasteiger partial charge in [-0.2, -0.15) is 0 Å². The summed E-state index contributed by atoms with van der Waals surface area (Å²) in [6.07, 6.45) is 4.62. The second-order valence-electron chi connectivity index (χ2n) is 6.64. The molecule has 0 aromatic heterocycles. The Morgan fingerprint density at radius 1 is 1.09 bits per heavy atom. The smallest absolute Gasteiger partial charge is 0.185 e. The number of ketones is 1. The number of aliphatic imine (C=N–C) groups is 1. The zero-order valence-corrected chi connectivity index (χ0v) is 15.6. The fourth-order valence-corrected chi connectivity index (χ4v) is 2.59. The summed E-state index contributed by atoms with van der Waals surface area (Å²) in [5.74, 6) is 0.184. The first-order chi connectivity index (χ1) is 10.7. The lowest BCUT2D eigenvalue weighted by Crippen LogP contribution is -2.59. The van der Waals surface area contributed by atoms with Crippen LogP contribution in [-0.4, -0.2) is 35.4 Å². The van der Waals surface area contributed by atoms with Crippen LogP contribution in [0.5, 0.6) is 0 Å². The Kier molecular flexibility index (Phi) is 9.39. The Labute approximate surface area is 141 Å². The SMILES string of the molecule is CCC(C)(CC)NC(CCCN=C(N)N)C(=O)C(N)(CC)CC. The van der Waals surface area contributed by atoms with Gasteiger partial charge in [-0.05, 0) is 45.4 Å². The zero-order chi connectivity index (χ0) is 18.1. The van der Waals surface area contributed by atoms with Crippen LogP contribution in [0.25, 0.3) is 0 Å². The lowest BCUT2D eigenvalue weighted by molar-refractivity contribution is -0.127. The van der Waals surface area contributed by atoms with E-state index in [0.29, 0.717) is 25.8 Å². The van der Waals surface area contributed by atoms with Gasteiger partial charge in [0.25, 0.3) is 0 Å². The summed E-state index contributed by atoms with van der Waals surface area (Å²) in [4.78, 5) is 17.0. The second kappa shape index (κ2) is 9.88. The molecule has 0 aromatic rings. The molecule has 0 radical (unpaired) electrons. The quantitative estimate of drug-likeness (QED) is 0.247. The second-order valence-corrected chi connectivity index (χ2v) is 6.64. The maximum Gasteiger partial charge on any atom is 0.185 e. The molecule has 0 fully saturated rings. The van der Waals surface area contributed by atoms with Gasteiger partial charge in [-0.1, -0.05) is 27.7 Å². The highest BCUT2D eigenvalue weighted by Crippen LogP contribution is 2.21. The maximum absolute atomic E-state index is 13.0. The van der Waals surface area contributed by atoms with Gasteiger partial charge in [-0.3, -0.25) is 9.79 Å². The first kappa shape index (κ1) is 21.9. The van der Waals surface area contributed by atoms with E-state index in [2.05, 4.69) is 31.1 Å². The molecule has 0 spiro atoms. The van der Waals surface area contributed by atoms with Crippen LogP contribution in [0.4, 0.5) is 0 Å². The van der Waals surface area contributed by atoms with Crippen LogP contribution in [-0.2, 0) is 4.79 Å². The van der Waals surface area contributed by atoms with Gasteiger partial charge in [0, 0.05) is 12.1 Å². The van der Waals surface area contributed by atoms with E-state index in [1.165, 1.54) is 0 Å². The van der Waals surface area contributed by atoms with Crippen LogP contribution in [0, 0.1) is 0 Å². The maximum atomic E-state index is 13.0. The average Bonchev–Trinajstić information content (AvgIpc) is 2.55. The molecule has 0 aliphatic rings. The Morgan fingerprint density at radius 2 is 1.61 bits per heavy atom. The van der Waals surface area contributed by atoms with E-state index in [-0.39, 0.29) is 23.3 Å². The van der Waals surface area contributed by atoms with Gasteiger partial charge in [0.1, 0.15) is 0 Å². The van der Waals surface area contributed by atoms with Crippen molar-refractivity contribution in [3.63, 3.8) is 0 Å². The van der Waals surface area contributed by atoms with E-state index in [1.807, 2.05) is 13.8 Å². The normalized spacial score (nSPS) is 13.7. The first-order valence-electron chi connectivity index (χ1n) is 8.84. The van der Waals surface area contributed by atoms with E-state index in [0.717, 1.165) is 19.3 Å². The number of Topliss-reactive ketones (excluding diaryl/α,β-unsaturated/α-hetero) is 1. The number of nitrogens with two attached hydrogens (primary N) is 3. The van der Waals surface area contributed by atoms with Crippen molar-refractivity contribution in [2.24, 2.45) is 22.2 Å². The molecule has 0 heterocycles. The fraction of sp³-hybridized carbons (Fsp3) is 0.882. The molecular formula is C17H37N5O. The molecule has 0 aliphatic heterocycles. The Hall–Kier alpha value is -1.14. The lowest BCUT2D eigenvalue weighted by Gasteiger charge is -2.37. The molecule has 136 valence electrons. The Balaban J connectivity index is 5.13. The molecule has 23 heavy (non-hydrogen) atoms. The number of hydrogen-bond donors (Lipinski definition) is 4. The molecule has 0 saturated heterocycles. The summed E-state index contributed by atoms with van der Waals surface area (Å²) in [7, 11) is 0. The van der Waals surface area contributed by atoms with Crippen molar-refractivity contribution in [1.29, 1.82) is 0 Å². The summed E-state index contributed by atoms with van der Waals surface area (Å²) in [6, 6.07) is -0.265. The molecule has 0 bridgehead atoms. The highest BCUT2D eigenvalue weighted by Gasteiger charge is 2.37. The summed E-state index contributed by atoms with van der Waals surface area (Å²) in [5.41, 5.74) is 16.2. The number of guanidine groups is 1. The number of rotatable bonds is 12. The van der Waals surface area contributed by atoms with Gasteiger partial charge < -0.3 is 22.5 Å². The van der Waals surface area contributed by atoms with Gasteiger partial charge in [0.15, 0.2) is 11.7 Å². The molecule has 0 rings (SSSR count). The van der Waals surface area contributed by atoms with E-state index < -0.39 is 5.54 Å². The van der Waals surface area contributed by atoms with Crippen molar-refractivity contribution < 1.29 is 4.79 Å². The largest absolute Gasteiger partial charge is 0.370 e. The first-order valence-corrected chi connectivity index (χ1v) is 8.84. The summed E-state index contributed by atoms with van der Waals surface area (Å²) in [5, 5.41) is 3.55. The fourth-order valence-electron chi connectivity index (χ4n) is 2.59. The minimum Gasteiger partial charge on any atom is -0.370 e. The van der Waals surface area contributed by atoms with E-state index >= 15 is 0 Å². The Morgan fingerprint density at radius 3 is 2.00 bits per heavy atom. The number of nitrogens with zero attached hydrogens (tertiary/aromatic N) is 1. The standard InChI is InChI=1S/C17H37N5O/c1-6-16(5,7-2)22-13(11-10-12-21-15(18)19)14(23)17(20,8-3)9-4/h13,22H,6-12,20H2,1-5H3,(H4,18,19,21). The molecule has 7 N–H and O–H groups in total. The van der Waals surface area contributed by atoms with Crippen LogP contribution < -0.4 is 22.5 Å². The van der Waals surface area contributed by atoms with E-state index in [1.54, 1.807) is 0 Å². The number of carbonyl (C=O) groups excluding carboxylic acids is 1. The van der Waals surface area contributed by atoms with Gasteiger partial charge >= 0.3 is 0 Å². The summed E-state index contributed by atoms with van der Waals surface area (Å²) < 4.78 is 0. The number of hydrogen-bond acceptors (Lipinski definition) is 4. The van der Waals surface area contributed by atoms with Gasteiger partial charge in [-0.25, -0.2) is 0 Å².